The fourth-order valence-electron chi connectivity index (χ4n) is 3.90. The number of benzene rings is 1. The number of nitrogens with one attached hydrogen (secondary N) is 1. The van der Waals surface area contributed by atoms with Crippen LogP contribution in [0.1, 0.15) is 29.1 Å². The molecule has 28 heavy (non-hydrogen) atoms. The first kappa shape index (κ1) is 18.6. The maximum absolute atomic E-state index is 12.6. The van der Waals surface area contributed by atoms with Gasteiger partial charge in [-0.1, -0.05) is 12.1 Å². The van der Waals surface area contributed by atoms with E-state index in [0.717, 1.165) is 55.3 Å². The number of rotatable bonds is 5. The second kappa shape index (κ2) is 8.10. The largest absolute Gasteiger partial charge is 0.342 e. The fraction of sp³-hybridized carbons (Fsp3) is 0.409. The highest BCUT2D eigenvalue weighted by Gasteiger charge is 2.21. The molecule has 6 nitrogen and oxygen atoms in total. The summed E-state index contributed by atoms with van der Waals surface area (Å²) in [6, 6.07) is 10.3. The van der Waals surface area contributed by atoms with E-state index in [4.69, 9.17) is 0 Å². The number of H-pyrrole nitrogens is 1. The first-order valence-corrected chi connectivity index (χ1v) is 9.94. The third kappa shape index (κ3) is 4.22. The Kier molecular flexibility index (Phi) is 5.39. The SMILES string of the molecule is Cc1cc(C)c2nc(CCC(=O)N3CCN(Cc4ccccn4)CC3)[nH]c2c1. The minimum atomic E-state index is 0.214. The van der Waals surface area contributed by atoms with Crippen molar-refractivity contribution in [3.05, 3.63) is 59.2 Å². The summed E-state index contributed by atoms with van der Waals surface area (Å²) in [5.74, 6) is 1.11. The molecule has 0 atom stereocenters. The van der Waals surface area contributed by atoms with Gasteiger partial charge >= 0.3 is 0 Å². The minimum Gasteiger partial charge on any atom is -0.342 e. The van der Waals surface area contributed by atoms with E-state index in [1.165, 1.54) is 11.1 Å². The van der Waals surface area contributed by atoms with Crippen molar-refractivity contribution in [2.45, 2.75) is 33.2 Å². The molecule has 1 aliphatic rings. The number of carbonyl (C=O) groups excluding carboxylic acids is 1. The third-order valence-corrected chi connectivity index (χ3v) is 5.38. The van der Waals surface area contributed by atoms with Crippen LogP contribution in [0.15, 0.2) is 36.5 Å². The Bertz CT molecular complexity index is 958. The van der Waals surface area contributed by atoms with Crippen molar-refractivity contribution in [1.29, 1.82) is 0 Å². The van der Waals surface area contributed by atoms with Crippen molar-refractivity contribution in [2.75, 3.05) is 26.2 Å². The number of aromatic amines is 1. The number of hydrogen-bond donors (Lipinski definition) is 1. The van der Waals surface area contributed by atoms with Crippen LogP contribution in [0.25, 0.3) is 11.0 Å². The molecule has 0 saturated carbocycles. The number of hydrogen-bond acceptors (Lipinski definition) is 4. The lowest BCUT2D eigenvalue weighted by Gasteiger charge is -2.34. The number of amides is 1. The lowest BCUT2D eigenvalue weighted by Crippen LogP contribution is -2.48. The number of fused-ring (bicyclic) bond motifs is 1. The number of carbonyl (C=O) groups is 1. The van der Waals surface area contributed by atoms with E-state index in [1.807, 2.05) is 29.3 Å². The Labute approximate surface area is 165 Å². The van der Waals surface area contributed by atoms with Crippen molar-refractivity contribution < 1.29 is 4.79 Å². The number of aromatic nitrogens is 3. The molecule has 0 spiro atoms. The molecule has 1 aliphatic heterocycles. The first-order chi connectivity index (χ1) is 13.6. The smallest absolute Gasteiger partial charge is 0.223 e. The predicted octanol–water partition coefficient (Wildman–Crippen LogP) is 2.85. The van der Waals surface area contributed by atoms with E-state index in [1.54, 1.807) is 0 Å². The molecule has 0 radical (unpaired) electrons. The van der Waals surface area contributed by atoms with Gasteiger partial charge in [0.1, 0.15) is 5.82 Å². The molecule has 1 fully saturated rings. The number of aryl methyl sites for hydroxylation is 3. The zero-order valence-electron chi connectivity index (χ0n) is 16.6. The number of imidazole rings is 1. The molecule has 4 rings (SSSR count). The quantitative estimate of drug-likeness (QED) is 0.743. The van der Waals surface area contributed by atoms with Crippen LogP contribution in [0.4, 0.5) is 0 Å². The molecule has 6 heteroatoms. The highest BCUT2D eigenvalue weighted by molar-refractivity contribution is 5.80. The highest BCUT2D eigenvalue weighted by Crippen LogP contribution is 2.19. The lowest BCUT2D eigenvalue weighted by atomic mass is 10.1. The van der Waals surface area contributed by atoms with Crippen LogP contribution < -0.4 is 0 Å². The highest BCUT2D eigenvalue weighted by atomic mass is 16.2. The van der Waals surface area contributed by atoms with E-state index in [0.29, 0.717) is 12.8 Å². The summed E-state index contributed by atoms with van der Waals surface area (Å²) < 4.78 is 0. The normalized spacial score (nSPS) is 15.3. The predicted molar refractivity (Wildman–Crippen MR) is 110 cm³/mol. The van der Waals surface area contributed by atoms with E-state index in [9.17, 15) is 4.79 Å². The van der Waals surface area contributed by atoms with E-state index < -0.39 is 0 Å². The van der Waals surface area contributed by atoms with Crippen molar-refractivity contribution >= 4 is 16.9 Å². The van der Waals surface area contributed by atoms with Gasteiger partial charge in [-0.25, -0.2) is 4.98 Å². The van der Waals surface area contributed by atoms with E-state index in [2.05, 4.69) is 45.8 Å². The second-order valence-electron chi connectivity index (χ2n) is 7.64. The van der Waals surface area contributed by atoms with Crippen LogP contribution >= 0.6 is 0 Å². The van der Waals surface area contributed by atoms with Gasteiger partial charge in [0.2, 0.25) is 5.91 Å². The van der Waals surface area contributed by atoms with Crippen LogP contribution in [0.2, 0.25) is 0 Å². The second-order valence-corrected chi connectivity index (χ2v) is 7.64. The van der Waals surface area contributed by atoms with Gasteiger partial charge in [-0.3, -0.25) is 14.7 Å². The Morgan fingerprint density at radius 1 is 1.14 bits per heavy atom. The Morgan fingerprint density at radius 3 is 2.71 bits per heavy atom. The van der Waals surface area contributed by atoms with Gasteiger partial charge < -0.3 is 9.88 Å². The summed E-state index contributed by atoms with van der Waals surface area (Å²) in [6.07, 6.45) is 2.98. The molecule has 1 aromatic carbocycles. The summed E-state index contributed by atoms with van der Waals surface area (Å²) in [5.41, 5.74) is 5.55. The summed E-state index contributed by atoms with van der Waals surface area (Å²) >= 11 is 0. The Morgan fingerprint density at radius 2 is 1.96 bits per heavy atom. The standard InChI is InChI=1S/C22H27N5O/c1-16-13-17(2)22-19(14-16)24-20(25-22)6-7-21(28)27-11-9-26(10-12-27)15-18-5-3-4-8-23-18/h3-5,8,13-14H,6-7,9-12,15H2,1-2H3,(H,24,25). The minimum absolute atomic E-state index is 0.214. The number of piperazine rings is 1. The van der Waals surface area contributed by atoms with Crippen LogP contribution in [-0.4, -0.2) is 56.8 Å². The average Bonchev–Trinajstić information content (AvgIpc) is 3.11. The van der Waals surface area contributed by atoms with Gasteiger partial charge in [0, 0.05) is 51.8 Å². The first-order valence-electron chi connectivity index (χ1n) is 9.94. The van der Waals surface area contributed by atoms with Gasteiger partial charge in [-0.2, -0.15) is 0 Å². The molecule has 1 amide bonds. The average molecular weight is 377 g/mol. The molecule has 0 aliphatic carbocycles. The maximum Gasteiger partial charge on any atom is 0.223 e. The van der Waals surface area contributed by atoms with E-state index in [-0.39, 0.29) is 5.91 Å². The number of nitrogens with zero attached hydrogens (tertiary/aromatic N) is 4. The zero-order valence-corrected chi connectivity index (χ0v) is 16.6. The maximum atomic E-state index is 12.6. The Balaban J connectivity index is 1.28. The van der Waals surface area contributed by atoms with Gasteiger partial charge in [-0.15, -0.1) is 0 Å². The van der Waals surface area contributed by atoms with Crippen LogP contribution in [-0.2, 0) is 17.8 Å². The van der Waals surface area contributed by atoms with Gasteiger partial charge in [0.15, 0.2) is 0 Å². The molecule has 1 N–H and O–H groups in total. The summed E-state index contributed by atoms with van der Waals surface area (Å²) in [4.78, 5) is 29.4. The molecule has 1 saturated heterocycles. The topological polar surface area (TPSA) is 65.1 Å². The molecule has 3 aromatic rings. The van der Waals surface area contributed by atoms with Crippen LogP contribution in [0, 0.1) is 13.8 Å². The summed E-state index contributed by atoms with van der Waals surface area (Å²) in [7, 11) is 0. The number of pyridine rings is 1. The summed E-state index contributed by atoms with van der Waals surface area (Å²) in [6.45, 7) is 8.37. The fourth-order valence-corrected chi connectivity index (χ4v) is 3.90. The zero-order chi connectivity index (χ0) is 19.5. The van der Waals surface area contributed by atoms with Gasteiger partial charge in [0.05, 0.1) is 16.7 Å². The third-order valence-electron chi connectivity index (χ3n) is 5.38. The van der Waals surface area contributed by atoms with Crippen molar-refractivity contribution in [2.24, 2.45) is 0 Å². The van der Waals surface area contributed by atoms with Crippen LogP contribution in [0.3, 0.4) is 0 Å². The lowest BCUT2D eigenvalue weighted by molar-refractivity contribution is -0.133. The van der Waals surface area contributed by atoms with Gasteiger partial charge in [-0.05, 0) is 43.2 Å². The summed E-state index contributed by atoms with van der Waals surface area (Å²) in [5, 5.41) is 0. The molecular formula is C22H27N5O. The Hall–Kier alpha value is -2.73. The van der Waals surface area contributed by atoms with E-state index >= 15 is 0 Å². The monoisotopic (exact) mass is 377 g/mol. The molecule has 0 unspecified atom stereocenters. The molecule has 3 heterocycles. The molecule has 0 bridgehead atoms. The molecule has 2 aromatic heterocycles. The van der Waals surface area contributed by atoms with Crippen LogP contribution in [0.5, 0.6) is 0 Å². The van der Waals surface area contributed by atoms with Crippen molar-refractivity contribution in [1.82, 2.24) is 24.8 Å². The van der Waals surface area contributed by atoms with Crippen molar-refractivity contribution in [3.8, 4) is 0 Å². The molecular weight excluding hydrogens is 350 g/mol. The van der Waals surface area contributed by atoms with Crippen molar-refractivity contribution in [3.63, 3.8) is 0 Å². The molecule has 146 valence electrons. The van der Waals surface area contributed by atoms with Gasteiger partial charge in [0.25, 0.3) is 0 Å².